The predicted molar refractivity (Wildman–Crippen MR) is 86.4 cm³/mol. The number of carbonyl (C=O) groups is 1. The lowest BCUT2D eigenvalue weighted by Gasteiger charge is -2.18. The minimum atomic E-state index is -0.0921. The first-order chi connectivity index (χ1) is 8.92. The molecule has 0 spiro atoms. The lowest BCUT2D eigenvalue weighted by molar-refractivity contribution is 0.0960. The monoisotopic (exact) mass is 301 g/mol. The van der Waals surface area contributed by atoms with Crippen molar-refractivity contribution in [2.75, 3.05) is 23.9 Å². The molecule has 108 valence electrons. The third-order valence-electron chi connectivity index (χ3n) is 3.01. The average Bonchev–Trinajstić information content (AvgIpc) is 2.65. The maximum Gasteiger partial charge on any atom is 0.263 e. The number of nitrogens with two attached hydrogens (primary N) is 1. The summed E-state index contributed by atoms with van der Waals surface area (Å²) >= 11 is 3.01. The van der Waals surface area contributed by atoms with Crippen LogP contribution < -0.4 is 16.4 Å². The molecular formula is C13H23N3OS2. The van der Waals surface area contributed by atoms with E-state index >= 15 is 0 Å². The molecule has 0 bridgehead atoms. The molecule has 4 N–H and O–H groups in total. The van der Waals surface area contributed by atoms with Gasteiger partial charge >= 0.3 is 0 Å². The molecule has 0 saturated carbocycles. The molecule has 6 heteroatoms. The van der Waals surface area contributed by atoms with Crippen LogP contribution in [0.2, 0.25) is 0 Å². The molecule has 19 heavy (non-hydrogen) atoms. The number of rotatable bonds is 6. The van der Waals surface area contributed by atoms with Gasteiger partial charge in [0, 0.05) is 12.6 Å². The smallest absolute Gasteiger partial charge is 0.263 e. The Hall–Kier alpha value is -0.880. The van der Waals surface area contributed by atoms with Crippen molar-refractivity contribution in [1.29, 1.82) is 0 Å². The molecule has 0 radical (unpaired) electrons. The summed E-state index contributed by atoms with van der Waals surface area (Å²) in [7, 11) is 0. The second kappa shape index (κ2) is 7.05. The highest BCUT2D eigenvalue weighted by Gasteiger charge is 2.21. The van der Waals surface area contributed by atoms with E-state index in [-0.39, 0.29) is 5.91 Å². The van der Waals surface area contributed by atoms with Crippen molar-refractivity contribution >= 4 is 39.7 Å². The standard InChI is InChI=1S/C13H23N3OS2/c1-6-15-12(17)10-9(14)11(18-5)13(19-10)16-8(4)7(2)3/h7-8,16H,6,14H2,1-5H3,(H,15,17). The normalized spacial score (nSPS) is 12.5. The molecule has 0 aliphatic carbocycles. The number of amides is 1. The molecule has 0 aromatic carbocycles. The van der Waals surface area contributed by atoms with Crippen LogP contribution >= 0.6 is 23.1 Å². The van der Waals surface area contributed by atoms with Crippen LogP contribution in [-0.4, -0.2) is 24.7 Å². The number of carbonyl (C=O) groups excluding carboxylic acids is 1. The Balaban J connectivity index is 3.05. The molecule has 1 amide bonds. The Labute approximate surface area is 123 Å². The predicted octanol–water partition coefficient (Wildman–Crippen LogP) is 3.26. The number of nitrogens with one attached hydrogen (secondary N) is 2. The van der Waals surface area contributed by atoms with Gasteiger partial charge in [-0.15, -0.1) is 23.1 Å². The fraction of sp³-hybridized carbons (Fsp3) is 0.615. The summed E-state index contributed by atoms with van der Waals surface area (Å²) in [6.45, 7) is 8.97. The summed E-state index contributed by atoms with van der Waals surface area (Å²) < 4.78 is 0. The van der Waals surface area contributed by atoms with Gasteiger partial charge in [0.05, 0.1) is 10.6 Å². The molecule has 0 saturated heterocycles. The van der Waals surface area contributed by atoms with Crippen molar-refractivity contribution < 1.29 is 4.79 Å². The highest BCUT2D eigenvalue weighted by atomic mass is 32.2. The summed E-state index contributed by atoms with van der Waals surface area (Å²) in [6.07, 6.45) is 1.98. The van der Waals surface area contributed by atoms with E-state index in [1.54, 1.807) is 11.8 Å². The van der Waals surface area contributed by atoms with Crippen molar-refractivity contribution in [3.8, 4) is 0 Å². The highest BCUT2D eigenvalue weighted by molar-refractivity contribution is 7.99. The van der Waals surface area contributed by atoms with Crippen LogP contribution in [-0.2, 0) is 0 Å². The largest absolute Gasteiger partial charge is 0.396 e. The maximum atomic E-state index is 11.9. The van der Waals surface area contributed by atoms with Gasteiger partial charge in [-0.1, -0.05) is 13.8 Å². The molecule has 1 atom stereocenters. The quantitative estimate of drug-likeness (QED) is 0.706. The van der Waals surface area contributed by atoms with Gasteiger partial charge in [0.1, 0.15) is 9.88 Å². The molecule has 1 unspecified atom stereocenters. The van der Waals surface area contributed by atoms with Crippen molar-refractivity contribution in [2.24, 2.45) is 5.92 Å². The first kappa shape index (κ1) is 16.2. The number of hydrogen-bond donors (Lipinski definition) is 3. The van der Waals surface area contributed by atoms with Crippen LogP contribution in [0.3, 0.4) is 0 Å². The van der Waals surface area contributed by atoms with Crippen LogP contribution in [0.4, 0.5) is 10.7 Å². The lowest BCUT2D eigenvalue weighted by Crippen LogP contribution is -2.22. The van der Waals surface area contributed by atoms with E-state index in [9.17, 15) is 4.79 Å². The Morgan fingerprint density at radius 3 is 2.53 bits per heavy atom. The Kier molecular flexibility index (Phi) is 6.00. The summed E-state index contributed by atoms with van der Waals surface area (Å²) in [5.74, 6) is 0.427. The summed E-state index contributed by atoms with van der Waals surface area (Å²) in [5, 5.41) is 7.25. The molecule has 4 nitrogen and oxygen atoms in total. The second-order valence-electron chi connectivity index (χ2n) is 4.74. The van der Waals surface area contributed by atoms with Gasteiger partial charge in [-0.05, 0) is 26.0 Å². The third-order valence-corrected chi connectivity index (χ3v) is 5.10. The summed E-state index contributed by atoms with van der Waals surface area (Å²) in [6, 6.07) is 0.339. The maximum absolute atomic E-state index is 11.9. The van der Waals surface area contributed by atoms with E-state index in [4.69, 9.17) is 5.73 Å². The summed E-state index contributed by atoms with van der Waals surface area (Å²) in [5.41, 5.74) is 6.67. The fourth-order valence-electron chi connectivity index (χ4n) is 1.51. The Bertz CT molecular complexity index is 443. The number of anilines is 2. The molecule has 0 fully saturated rings. The number of thioether (sulfide) groups is 1. The topological polar surface area (TPSA) is 67.2 Å². The zero-order chi connectivity index (χ0) is 14.6. The van der Waals surface area contributed by atoms with Crippen molar-refractivity contribution in [3.63, 3.8) is 0 Å². The van der Waals surface area contributed by atoms with E-state index in [0.29, 0.717) is 29.1 Å². The van der Waals surface area contributed by atoms with E-state index in [0.717, 1.165) is 9.90 Å². The van der Waals surface area contributed by atoms with Gasteiger partial charge in [0.15, 0.2) is 0 Å². The van der Waals surface area contributed by atoms with Crippen LogP contribution in [0, 0.1) is 5.92 Å². The van der Waals surface area contributed by atoms with E-state index in [2.05, 4.69) is 31.4 Å². The number of hydrogen-bond acceptors (Lipinski definition) is 5. The Morgan fingerprint density at radius 2 is 2.05 bits per heavy atom. The molecule has 0 aliphatic rings. The lowest BCUT2D eigenvalue weighted by atomic mass is 10.1. The van der Waals surface area contributed by atoms with Crippen molar-refractivity contribution in [2.45, 2.75) is 38.6 Å². The Morgan fingerprint density at radius 1 is 1.42 bits per heavy atom. The molecule has 1 rings (SSSR count). The first-order valence-electron chi connectivity index (χ1n) is 6.43. The van der Waals surface area contributed by atoms with Crippen LogP contribution in [0.25, 0.3) is 0 Å². The highest BCUT2D eigenvalue weighted by Crippen LogP contribution is 2.42. The van der Waals surface area contributed by atoms with Crippen molar-refractivity contribution in [3.05, 3.63) is 4.88 Å². The summed E-state index contributed by atoms with van der Waals surface area (Å²) in [4.78, 5) is 13.5. The van der Waals surface area contributed by atoms with Gasteiger partial charge in [-0.2, -0.15) is 0 Å². The molecule has 1 aromatic rings. The van der Waals surface area contributed by atoms with Gasteiger partial charge in [-0.3, -0.25) is 4.79 Å². The minimum absolute atomic E-state index is 0.0921. The van der Waals surface area contributed by atoms with Gasteiger partial charge in [-0.25, -0.2) is 0 Å². The van der Waals surface area contributed by atoms with E-state index in [1.165, 1.54) is 11.3 Å². The molecule has 1 aromatic heterocycles. The number of nitrogen functional groups attached to an aromatic ring is 1. The minimum Gasteiger partial charge on any atom is -0.396 e. The first-order valence-corrected chi connectivity index (χ1v) is 8.47. The van der Waals surface area contributed by atoms with Crippen molar-refractivity contribution in [1.82, 2.24) is 5.32 Å². The van der Waals surface area contributed by atoms with Gasteiger partial charge in [0.25, 0.3) is 5.91 Å². The van der Waals surface area contributed by atoms with Gasteiger partial charge in [0.2, 0.25) is 0 Å². The third kappa shape index (κ3) is 3.79. The number of thiophene rings is 1. The van der Waals surface area contributed by atoms with Gasteiger partial charge < -0.3 is 16.4 Å². The second-order valence-corrected chi connectivity index (χ2v) is 6.58. The van der Waals surface area contributed by atoms with Crippen LogP contribution in [0.15, 0.2) is 4.90 Å². The molecule has 1 heterocycles. The van der Waals surface area contributed by atoms with Crippen LogP contribution in [0.5, 0.6) is 0 Å². The zero-order valence-electron chi connectivity index (χ0n) is 12.2. The van der Waals surface area contributed by atoms with E-state index in [1.807, 2.05) is 13.2 Å². The fourth-order valence-corrected chi connectivity index (χ4v) is 3.54. The molecular weight excluding hydrogens is 278 g/mol. The van der Waals surface area contributed by atoms with Crippen LogP contribution in [0.1, 0.15) is 37.4 Å². The zero-order valence-corrected chi connectivity index (χ0v) is 13.8. The SMILES string of the molecule is CCNC(=O)c1sc(NC(C)C(C)C)c(SC)c1N. The molecule has 0 aliphatic heterocycles. The van der Waals surface area contributed by atoms with E-state index < -0.39 is 0 Å². The average molecular weight is 301 g/mol.